The summed E-state index contributed by atoms with van der Waals surface area (Å²) in [5.74, 6) is 5.64. The SMILES string of the molecule is C#CCOc1ccc2c(c1)c(-c1ccc(C(C)C)cc1)nc(=S)n2Cc1cccc(OCCO)c1.COc1ccc2c(c1)c(-c1ccc(C(C)C)cc1)nc(=S)n2Cc1ccccc1. The Labute approximate surface area is 385 Å². The lowest BCUT2D eigenvalue weighted by Crippen LogP contribution is -2.08. The van der Waals surface area contributed by atoms with Crippen LogP contribution in [-0.4, -0.2) is 51.1 Å². The van der Waals surface area contributed by atoms with Crippen molar-refractivity contribution in [2.45, 2.75) is 52.6 Å². The molecule has 0 amide bonds. The second-order valence-corrected chi connectivity index (χ2v) is 16.7. The Hall–Kier alpha value is -6.64. The first-order valence-electron chi connectivity index (χ1n) is 21.3. The summed E-state index contributed by atoms with van der Waals surface area (Å²) in [5.41, 5.74) is 10.5. The summed E-state index contributed by atoms with van der Waals surface area (Å²) in [6.07, 6.45) is 5.39. The Kier molecular flexibility index (Phi) is 15.0. The molecule has 10 heteroatoms. The molecule has 64 heavy (non-hydrogen) atoms. The Morgan fingerprint density at radius 2 is 1.09 bits per heavy atom. The van der Waals surface area contributed by atoms with E-state index in [9.17, 15) is 0 Å². The van der Waals surface area contributed by atoms with Gasteiger partial charge in [-0.3, -0.25) is 0 Å². The minimum atomic E-state index is -0.0342. The molecule has 2 heterocycles. The molecule has 8 aromatic rings. The summed E-state index contributed by atoms with van der Waals surface area (Å²) in [4.78, 5) is 9.69. The smallest absolute Gasteiger partial charge is 0.200 e. The van der Waals surface area contributed by atoms with E-state index in [0.717, 1.165) is 55.6 Å². The predicted octanol–water partition coefficient (Wildman–Crippen LogP) is 12.6. The third-order valence-corrected chi connectivity index (χ3v) is 11.6. The summed E-state index contributed by atoms with van der Waals surface area (Å²) in [6, 6.07) is 47.1. The molecule has 6 aromatic carbocycles. The van der Waals surface area contributed by atoms with Crippen LogP contribution in [0.1, 0.15) is 61.8 Å². The normalized spacial score (nSPS) is 11.0. The van der Waals surface area contributed by atoms with E-state index >= 15 is 0 Å². The van der Waals surface area contributed by atoms with E-state index in [-0.39, 0.29) is 19.8 Å². The largest absolute Gasteiger partial charge is 0.497 e. The van der Waals surface area contributed by atoms with Gasteiger partial charge in [-0.2, -0.15) is 0 Å². The van der Waals surface area contributed by atoms with Crippen molar-refractivity contribution >= 4 is 46.2 Å². The fourth-order valence-electron chi connectivity index (χ4n) is 7.50. The van der Waals surface area contributed by atoms with Gasteiger partial charge in [0.25, 0.3) is 0 Å². The van der Waals surface area contributed by atoms with Gasteiger partial charge in [-0.25, -0.2) is 9.97 Å². The zero-order chi connectivity index (χ0) is 45.2. The van der Waals surface area contributed by atoms with Crippen LogP contribution in [0.25, 0.3) is 44.3 Å². The van der Waals surface area contributed by atoms with Gasteiger partial charge in [0.1, 0.15) is 30.5 Å². The Morgan fingerprint density at radius 1 is 0.594 bits per heavy atom. The molecule has 0 fully saturated rings. The van der Waals surface area contributed by atoms with Crippen LogP contribution in [0.5, 0.6) is 17.2 Å². The van der Waals surface area contributed by atoms with Crippen LogP contribution in [0.3, 0.4) is 0 Å². The first kappa shape index (κ1) is 45.4. The highest BCUT2D eigenvalue weighted by Crippen LogP contribution is 2.33. The predicted molar refractivity (Wildman–Crippen MR) is 265 cm³/mol. The van der Waals surface area contributed by atoms with Crippen molar-refractivity contribution < 1.29 is 19.3 Å². The molecule has 324 valence electrons. The van der Waals surface area contributed by atoms with Crippen molar-refractivity contribution in [2.75, 3.05) is 26.9 Å². The lowest BCUT2D eigenvalue weighted by molar-refractivity contribution is 0.201. The highest BCUT2D eigenvalue weighted by Gasteiger charge is 2.15. The third kappa shape index (κ3) is 10.7. The summed E-state index contributed by atoms with van der Waals surface area (Å²) in [7, 11) is 1.69. The molecule has 0 aliphatic rings. The molecule has 0 unspecified atom stereocenters. The van der Waals surface area contributed by atoms with Crippen LogP contribution in [-0.2, 0) is 13.1 Å². The summed E-state index contributed by atoms with van der Waals surface area (Å²) >= 11 is 11.5. The number of methoxy groups -OCH3 is 1. The molecule has 0 spiro atoms. The van der Waals surface area contributed by atoms with Gasteiger partial charge in [-0.1, -0.05) is 125 Å². The fourth-order valence-corrected chi connectivity index (χ4v) is 8.01. The van der Waals surface area contributed by atoms with Crippen molar-refractivity contribution in [1.82, 2.24) is 19.1 Å². The van der Waals surface area contributed by atoms with Gasteiger partial charge in [0, 0.05) is 21.9 Å². The molecule has 0 saturated heterocycles. The molecule has 0 aliphatic heterocycles. The lowest BCUT2D eigenvalue weighted by Gasteiger charge is -2.16. The quantitative estimate of drug-likeness (QED) is 0.0854. The highest BCUT2D eigenvalue weighted by molar-refractivity contribution is 7.71. The van der Waals surface area contributed by atoms with Crippen LogP contribution in [0.4, 0.5) is 0 Å². The first-order chi connectivity index (χ1) is 31.1. The van der Waals surface area contributed by atoms with E-state index in [2.05, 4.69) is 105 Å². The van der Waals surface area contributed by atoms with Crippen LogP contribution >= 0.6 is 24.4 Å². The van der Waals surface area contributed by atoms with Crippen LogP contribution in [0, 0.1) is 21.9 Å². The Bertz CT molecular complexity index is 3030. The minimum absolute atomic E-state index is 0.0342. The minimum Gasteiger partial charge on any atom is -0.497 e. The Morgan fingerprint density at radius 3 is 1.61 bits per heavy atom. The van der Waals surface area contributed by atoms with E-state index < -0.39 is 0 Å². The van der Waals surface area contributed by atoms with Crippen LogP contribution < -0.4 is 14.2 Å². The maximum absolute atomic E-state index is 9.05. The number of ether oxygens (including phenoxy) is 3. The van der Waals surface area contributed by atoms with Crippen LogP contribution in [0.15, 0.2) is 140 Å². The number of rotatable bonds is 14. The standard InChI is InChI=1S/C29H28N2O3S.C25H24N2OS/c1-4-15-33-25-12-13-27-26(18-25)28(23-10-8-22(9-11-23)20(2)3)30-29(35)31(27)19-21-6-5-7-24(17-21)34-16-14-32;1-17(2)19-9-11-20(12-10-19)24-22-15-21(28-3)13-14-23(22)27(25(29)26-24)16-18-7-5-4-6-8-18/h1,5-13,17-18,20,32H,14-16,19H2,2-3H3;4-15,17H,16H2,1-3H3. The van der Waals surface area contributed by atoms with E-state index in [4.69, 9.17) is 60.1 Å². The molecule has 1 N–H and O–H groups in total. The van der Waals surface area contributed by atoms with E-state index in [1.165, 1.54) is 16.7 Å². The van der Waals surface area contributed by atoms with Gasteiger partial charge in [0.05, 0.1) is 49.2 Å². The van der Waals surface area contributed by atoms with Gasteiger partial charge >= 0.3 is 0 Å². The zero-order valence-electron chi connectivity index (χ0n) is 36.8. The van der Waals surface area contributed by atoms with Crippen molar-refractivity contribution in [3.63, 3.8) is 0 Å². The van der Waals surface area contributed by atoms with E-state index in [1.54, 1.807) is 7.11 Å². The molecule has 2 aromatic heterocycles. The van der Waals surface area contributed by atoms with Gasteiger partial charge in [-0.15, -0.1) is 6.42 Å². The molecule has 8 rings (SSSR count). The van der Waals surface area contributed by atoms with Crippen molar-refractivity contribution in [2.24, 2.45) is 0 Å². The first-order valence-corrected chi connectivity index (χ1v) is 22.1. The van der Waals surface area contributed by atoms with Gasteiger partial charge in [-0.05, 0) is 107 Å². The van der Waals surface area contributed by atoms with Gasteiger partial charge in [0.2, 0.25) is 9.54 Å². The second-order valence-electron chi connectivity index (χ2n) is 16.0. The van der Waals surface area contributed by atoms with Gasteiger partial charge < -0.3 is 28.5 Å². The monoisotopic (exact) mass is 884 g/mol. The molecule has 0 aliphatic carbocycles. The number of aliphatic hydroxyl groups is 1. The number of terminal acetylenes is 1. The van der Waals surface area contributed by atoms with E-state index in [0.29, 0.717) is 46.0 Å². The van der Waals surface area contributed by atoms with Crippen molar-refractivity contribution in [1.29, 1.82) is 0 Å². The van der Waals surface area contributed by atoms with E-state index in [1.807, 2.05) is 77.4 Å². The molecule has 0 bridgehead atoms. The summed E-state index contributed by atoms with van der Waals surface area (Å²) in [5, 5.41) is 11.0. The van der Waals surface area contributed by atoms with Crippen molar-refractivity contribution in [3.05, 3.63) is 171 Å². The second kappa shape index (κ2) is 21.2. The Balaban J connectivity index is 0.000000195. The zero-order valence-corrected chi connectivity index (χ0v) is 38.5. The number of aliphatic hydroxyl groups excluding tert-OH is 1. The topological polar surface area (TPSA) is 83.6 Å². The average Bonchev–Trinajstić information content (AvgIpc) is 3.32. The molecular formula is C54H52N4O4S2. The number of hydrogen-bond acceptors (Lipinski definition) is 8. The number of aromatic nitrogens is 4. The summed E-state index contributed by atoms with van der Waals surface area (Å²) < 4.78 is 21.9. The van der Waals surface area contributed by atoms with Crippen molar-refractivity contribution in [3.8, 4) is 52.1 Å². The fraction of sp³-hybridized carbons (Fsp3) is 0.222. The number of fused-ring (bicyclic) bond motifs is 2. The maximum atomic E-state index is 9.05. The number of benzene rings is 6. The summed E-state index contributed by atoms with van der Waals surface area (Å²) in [6.45, 7) is 10.4. The molecule has 0 atom stereocenters. The molecular weight excluding hydrogens is 833 g/mol. The lowest BCUT2D eigenvalue weighted by atomic mass is 9.99. The van der Waals surface area contributed by atoms with Crippen LogP contribution in [0.2, 0.25) is 0 Å². The molecule has 8 nitrogen and oxygen atoms in total. The average molecular weight is 885 g/mol. The third-order valence-electron chi connectivity index (χ3n) is 10.9. The molecule has 0 saturated carbocycles. The van der Waals surface area contributed by atoms with Gasteiger partial charge in [0.15, 0.2) is 0 Å². The number of hydrogen-bond donors (Lipinski definition) is 1. The molecule has 0 radical (unpaired) electrons. The number of nitrogens with zero attached hydrogens (tertiary/aromatic N) is 4. The highest BCUT2D eigenvalue weighted by atomic mass is 32.1. The maximum Gasteiger partial charge on any atom is 0.200 e.